The Kier molecular flexibility index (Phi) is 7.55. The molecule has 0 saturated heterocycles. The van der Waals surface area contributed by atoms with Crippen LogP contribution in [0.15, 0.2) is 134 Å². The Balaban J connectivity index is 1.40. The van der Waals surface area contributed by atoms with Crippen molar-refractivity contribution in [2.45, 2.75) is 13.2 Å². The Morgan fingerprint density at radius 2 is 1.30 bits per heavy atom. The number of aromatic nitrogens is 3. The zero-order chi connectivity index (χ0) is 27.1. The highest BCUT2D eigenvalue weighted by atomic mass is 35.5. The van der Waals surface area contributed by atoms with Crippen LogP contribution in [0.25, 0.3) is 28.3 Å². The Labute approximate surface area is 238 Å². The number of benzene rings is 4. The molecule has 2 aromatic heterocycles. The van der Waals surface area contributed by atoms with Crippen LogP contribution in [0.1, 0.15) is 11.1 Å². The molecule has 0 amide bonds. The van der Waals surface area contributed by atoms with Gasteiger partial charge in [0.05, 0.1) is 11.4 Å². The molecule has 0 bridgehead atoms. The van der Waals surface area contributed by atoms with Crippen LogP contribution in [0.2, 0.25) is 5.02 Å². The molecule has 6 heteroatoms. The Morgan fingerprint density at radius 1 is 0.600 bits per heavy atom. The quantitative estimate of drug-likeness (QED) is 0.184. The van der Waals surface area contributed by atoms with Gasteiger partial charge in [-0.25, -0.2) is 9.67 Å². The molecule has 6 rings (SSSR count). The second kappa shape index (κ2) is 11.9. The maximum Gasteiger partial charge on any atom is 0.162 e. The van der Waals surface area contributed by atoms with E-state index < -0.39 is 0 Å². The first kappa shape index (κ1) is 25.4. The Morgan fingerprint density at radius 3 is 1.98 bits per heavy atom. The fourth-order valence-corrected chi connectivity index (χ4v) is 4.59. The van der Waals surface area contributed by atoms with E-state index in [9.17, 15) is 0 Å². The molecule has 2 heterocycles. The third-order valence-electron chi connectivity index (χ3n) is 6.41. The summed E-state index contributed by atoms with van der Waals surface area (Å²) >= 11 is 6.30. The molecule has 0 saturated carbocycles. The third-order valence-corrected chi connectivity index (χ3v) is 6.64. The molecule has 0 spiro atoms. The maximum absolute atomic E-state index is 6.34. The van der Waals surface area contributed by atoms with Gasteiger partial charge in [-0.2, -0.15) is 5.10 Å². The summed E-state index contributed by atoms with van der Waals surface area (Å²) in [6, 6.07) is 41.6. The molecule has 6 aromatic rings. The van der Waals surface area contributed by atoms with Crippen molar-refractivity contribution in [2.75, 3.05) is 0 Å². The van der Waals surface area contributed by atoms with Crippen LogP contribution in [-0.4, -0.2) is 14.8 Å². The molecule has 0 aliphatic heterocycles. The van der Waals surface area contributed by atoms with Crippen LogP contribution in [0.3, 0.4) is 0 Å². The van der Waals surface area contributed by atoms with E-state index in [0.717, 1.165) is 33.6 Å². The molecule has 4 aromatic carbocycles. The third kappa shape index (κ3) is 5.90. The lowest BCUT2D eigenvalue weighted by molar-refractivity contribution is 0.256. The van der Waals surface area contributed by atoms with Crippen LogP contribution in [0, 0.1) is 0 Å². The summed E-state index contributed by atoms with van der Waals surface area (Å²) in [7, 11) is 0. The second-order valence-electron chi connectivity index (χ2n) is 9.23. The minimum absolute atomic E-state index is 0.416. The Bertz CT molecular complexity index is 1700. The van der Waals surface area contributed by atoms with Gasteiger partial charge >= 0.3 is 0 Å². The smallest absolute Gasteiger partial charge is 0.162 e. The summed E-state index contributed by atoms with van der Waals surface area (Å²) in [6.45, 7) is 0.853. The summed E-state index contributed by atoms with van der Waals surface area (Å²) in [6.07, 6.45) is 1.76. The number of halogens is 1. The topological polar surface area (TPSA) is 49.2 Å². The highest BCUT2D eigenvalue weighted by molar-refractivity contribution is 6.30. The molecule has 40 heavy (non-hydrogen) atoms. The number of ether oxygens (including phenoxy) is 2. The second-order valence-corrected chi connectivity index (χ2v) is 9.67. The van der Waals surface area contributed by atoms with Gasteiger partial charge in [0.2, 0.25) is 0 Å². The van der Waals surface area contributed by atoms with Crippen molar-refractivity contribution in [1.82, 2.24) is 14.8 Å². The molecule has 0 unspecified atom stereocenters. The van der Waals surface area contributed by atoms with Crippen molar-refractivity contribution in [3.63, 3.8) is 0 Å². The molecule has 0 aliphatic rings. The number of hydrogen-bond donors (Lipinski definition) is 0. The summed E-state index contributed by atoms with van der Waals surface area (Å²) in [5.41, 5.74) is 5.66. The molecular formula is C34H26ClN3O2. The van der Waals surface area contributed by atoms with Crippen molar-refractivity contribution in [2.24, 2.45) is 0 Å². The molecule has 196 valence electrons. The van der Waals surface area contributed by atoms with Gasteiger partial charge in [-0.05, 0) is 59.7 Å². The highest BCUT2D eigenvalue weighted by Crippen LogP contribution is 2.36. The van der Waals surface area contributed by atoms with Gasteiger partial charge < -0.3 is 9.47 Å². The van der Waals surface area contributed by atoms with Gasteiger partial charge in [-0.15, -0.1) is 0 Å². The van der Waals surface area contributed by atoms with E-state index in [4.69, 9.17) is 26.2 Å². The van der Waals surface area contributed by atoms with Crippen LogP contribution in [0.5, 0.6) is 11.5 Å². The van der Waals surface area contributed by atoms with E-state index in [0.29, 0.717) is 35.6 Å². The molecular weight excluding hydrogens is 518 g/mol. The minimum atomic E-state index is 0.416. The summed E-state index contributed by atoms with van der Waals surface area (Å²) in [4.78, 5) is 4.56. The molecule has 0 N–H and O–H groups in total. The zero-order valence-electron chi connectivity index (χ0n) is 21.7. The van der Waals surface area contributed by atoms with Gasteiger partial charge in [0.15, 0.2) is 17.3 Å². The van der Waals surface area contributed by atoms with Crippen molar-refractivity contribution >= 4 is 11.6 Å². The van der Waals surface area contributed by atoms with Gasteiger partial charge in [-0.1, -0.05) is 90.5 Å². The van der Waals surface area contributed by atoms with Gasteiger partial charge in [0.1, 0.15) is 13.2 Å². The Hall–Kier alpha value is -4.87. The first-order valence-electron chi connectivity index (χ1n) is 13.0. The van der Waals surface area contributed by atoms with E-state index >= 15 is 0 Å². The largest absolute Gasteiger partial charge is 0.485 e. The first-order valence-corrected chi connectivity index (χ1v) is 13.4. The van der Waals surface area contributed by atoms with Crippen LogP contribution in [-0.2, 0) is 13.2 Å². The van der Waals surface area contributed by atoms with E-state index in [-0.39, 0.29) is 0 Å². The van der Waals surface area contributed by atoms with E-state index in [2.05, 4.69) is 4.98 Å². The van der Waals surface area contributed by atoms with E-state index in [1.165, 1.54) is 0 Å². The average Bonchev–Trinajstić information content (AvgIpc) is 3.46. The molecule has 0 radical (unpaired) electrons. The minimum Gasteiger partial charge on any atom is -0.485 e. The summed E-state index contributed by atoms with van der Waals surface area (Å²) in [5, 5.41) is 5.57. The normalized spacial score (nSPS) is 10.8. The van der Waals surface area contributed by atoms with Crippen molar-refractivity contribution < 1.29 is 9.47 Å². The SMILES string of the molecule is Clc1cccc(-c2cc(-c3ccc(OCc4ccccc4)c(OCc4ccccc4)c3)n(-c3ccccn3)n2)c1. The van der Waals surface area contributed by atoms with E-state index in [1.54, 1.807) is 6.20 Å². The first-order chi connectivity index (χ1) is 19.7. The lowest BCUT2D eigenvalue weighted by Gasteiger charge is -2.15. The summed E-state index contributed by atoms with van der Waals surface area (Å²) < 4.78 is 14.4. The standard InChI is InChI=1S/C34H26ClN3O2/c35-29-15-9-14-27(20-29)30-22-31(38(37-30)34-16-7-8-19-36-34)28-17-18-32(39-23-25-10-3-1-4-11-25)33(21-28)40-24-26-12-5-2-6-13-26/h1-22H,23-24H2. The van der Waals surface area contributed by atoms with E-state index in [1.807, 2.05) is 132 Å². The van der Waals surface area contributed by atoms with Crippen molar-refractivity contribution in [3.8, 4) is 39.8 Å². The van der Waals surface area contributed by atoms with Crippen LogP contribution >= 0.6 is 11.6 Å². The number of hydrogen-bond acceptors (Lipinski definition) is 4. The fourth-order valence-electron chi connectivity index (χ4n) is 4.40. The van der Waals surface area contributed by atoms with Crippen LogP contribution in [0.4, 0.5) is 0 Å². The molecule has 0 aliphatic carbocycles. The number of rotatable bonds is 9. The zero-order valence-corrected chi connectivity index (χ0v) is 22.4. The fraction of sp³-hybridized carbons (Fsp3) is 0.0588. The van der Waals surface area contributed by atoms with Gasteiger partial charge in [0, 0.05) is 22.3 Å². The molecule has 0 fully saturated rings. The molecule has 0 atom stereocenters. The summed E-state index contributed by atoms with van der Waals surface area (Å²) in [5.74, 6) is 2.03. The average molecular weight is 544 g/mol. The van der Waals surface area contributed by atoms with Crippen LogP contribution < -0.4 is 9.47 Å². The highest BCUT2D eigenvalue weighted by Gasteiger charge is 2.17. The number of nitrogens with zero attached hydrogens (tertiary/aromatic N) is 3. The predicted molar refractivity (Wildman–Crippen MR) is 159 cm³/mol. The van der Waals surface area contributed by atoms with Gasteiger partial charge in [0.25, 0.3) is 0 Å². The monoisotopic (exact) mass is 543 g/mol. The molecule has 5 nitrogen and oxygen atoms in total. The van der Waals surface area contributed by atoms with Crippen molar-refractivity contribution in [3.05, 3.63) is 150 Å². The van der Waals surface area contributed by atoms with Gasteiger partial charge in [-0.3, -0.25) is 0 Å². The lowest BCUT2D eigenvalue weighted by atomic mass is 10.1. The number of pyridine rings is 1. The van der Waals surface area contributed by atoms with Crippen molar-refractivity contribution in [1.29, 1.82) is 0 Å². The predicted octanol–water partition coefficient (Wildman–Crippen LogP) is 8.41. The lowest BCUT2D eigenvalue weighted by Crippen LogP contribution is -2.03. The maximum atomic E-state index is 6.34.